The number of rotatable bonds is 5. The van der Waals surface area contributed by atoms with Crippen LogP contribution in [0.1, 0.15) is 20.3 Å². The first-order valence-electron chi connectivity index (χ1n) is 8.98. The van der Waals surface area contributed by atoms with E-state index in [0.717, 1.165) is 5.52 Å². The molecule has 0 unspecified atom stereocenters. The van der Waals surface area contributed by atoms with Gasteiger partial charge in [-0.15, -0.1) is 0 Å². The number of aromatic nitrogens is 1. The lowest BCUT2D eigenvalue weighted by Gasteiger charge is -2.19. The molecule has 27 heavy (non-hydrogen) atoms. The van der Waals surface area contributed by atoms with Gasteiger partial charge in [-0.1, -0.05) is 38.1 Å². The van der Waals surface area contributed by atoms with Gasteiger partial charge < -0.3 is 14.6 Å². The first-order valence-corrected chi connectivity index (χ1v) is 8.98. The van der Waals surface area contributed by atoms with Gasteiger partial charge in [-0.3, -0.25) is 9.59 Å². The van der Waals surface area contributed by atoms with Crippen molar-refractivity contribution in [2.24, 2.45) is 13.0 Å². The quantitative estimate of drug-likeness (QED) is 0.738. The lowest BCUT2D eigenvalue weighted by atomic mass is 10.0. The Balaban J connectivity index is 2.28. The Hall–Kier alpha value is -3.08. The maximum Gasteiger partial charge on any atom is 0.225 e. The van der Waals surface area contributed by atoms with Crippen molar-refractivity contribution >= 4 is 22.6 Å². The molecule has 0 atom stereocenters. The van der Waals surface area contributed by atoms with Crippen LogP contribution in [0.2, 0.25) is 0 Å². The maximum absolute atomic E-state index is 13.3. The number of hydrogen-bond donors (Lipinski definition) is 1. The monoisotopic (exact) mass is 364 g/mol. The summed E-state index contributed by atoms with van der Waals surface area (Å²) in [6.07, 6.45) is 0.387. The third kappa shape index (κ3) is 3.72. The highest BCUT2D eigenvalue weighted by atomic mass is 16.5. The molecule has 0 aliphatic rings. The van der Waals surface area contributed by atoms with Crippen molar-refractivity contribution in [3.05, 3.63) is 58.8 Å². The van der Waals surface area contributed by atoms with Crippen LogP contribution in [0.5, 0.6) is 5.75 Å². The largest absolute Gasteiger partial charge is 0.497 e. The molecule has 0 fully saturated rings. The van der Waals surface area contributed by atoms with Gasteiger partial charge >= 0.3 is 0 Å². The minimum Gasteiger partial charge on any atom is -0.497 e. The Kier molecular flexibility index (Phi) is 5.31. The van der Waals surface area contributed by atoms with Crippen molar-refractivity contribution < 1.29 is 9.53 Å². The van der Waals surface area contributed by atoms with E-state index < -0.39 is 0 Å². The van der Waals surface area contributed by atoms with E-state index in [0.29, 0.717) is 34.5 Å². The van der Waals surface area contributed by atoms with Gasteiger partial charge in [-0.25, -0.2) is 0 Å². The van der Waals surface area contributed by atoms with Crippen molar-refractivity contribution in [2.75, 3.05) is 12.4 Å². The number of aryl methyl sites for hydroxylation is 1. The number of para-hydroxylation sites is 1. The van der Waals surface area contributed by atoms with E-state index in [1.165, 1.54) is 0 Å². The van der Waals surface area contributed by atoms with Crippen LogP contribution < -0.4 is 15.5 Å². The third-order valence-corrected chi connectivity index (χ3v) is 4.52. The number of fused-ring (bicyclic) bond motifs is 1. The summed E-state index contributed by atoms with van der Waals surface area (Å²) in [4.78, 5) is 25.8. The molecule has 2 aromatic carbocycles. The molecule has 0 spiro atoms. The second-order valence-corrected chi connectivity index (χ2v) is 7.01. The smallest absolute Gasteiger partial charge is 0.225 e. The number of hydrogen-bond acceptors (Lipinski definition) is 3. The molecule has 5 heteroatoms. The Morgan fingerprint density at radius 2 is 1.89 bits per heavy atom. The topological polar surface area (TPSA) is 60.3 Å². The molecule has 0 aliphatic heterocycles. The molecule has 0 radical (unpaired) electrons. The molecular formula is C22H24N2O3. The number of nitrogens with one attached hydrogen (secondary N) is 1. The molecule has 0 saturated heterocycles. The Bertz CT molecular complexity index is 1050. The molecule has 3 aromatic rings. The van der Waals surface area contributed by atoms with Crippen molar-refractivity contribution in [1.29, 1.82) is 0 Å². The number of ether oxygens (including phenoxy) is 1. The van der Waals surface area contributed by atoms with Crippen LogP contribution in [0.25, 0.3) is 22.0 Å². The van der Waals surface area contributed by atoms with Crippen LogP contribution in [-0.4, -0.2) is 17.6 Å². The summed E-state index contributed by atoms with van der Waals surface area (Å²) in [5.74, 6) is 1.27. The van der Waals surface area contributed by atoms with Crippen LogP contribution >= 0.6 is 0 Å². The first-order chi connectivity index (χ1) is 12.9. The Labute approximate surface area is 158 Å². The lowest BCUT2D eigenvalue weighted by Crippen LogP contribution is -2.22. The summed E-state index contributed by atoms with van der Waals surface area (Å²) in [5.41, 5.74) is 1.83. The summed E-state index contributed by atoms with van der Waals surface area (Å²) < 4.78 is 7.18. The zero-order valence-electron chi connectivity index (χ0n) is 16.1. The number of anilines is 1. The van der Waals surface area contributed by atoms with Gasteiger partial charge in [0.1, 0.15) is 11.6 Å². The zero-order chi connectivity index (χ0) is 19.6. The minimum atomic E-state index is -0.114. The number of benzene rings is 2. The van der Waals surface area contributed by atoms with Crippen molar-refractivity contribution in [2.45, 2.75) is 20.3 Å². The number of carbonyl (C=O) groups excluding carboxylic acids is 1. The summed E-state index contributed by atoms with van der Waals surface area (Å²) in [6, 6.07) is 14.7. The summed E-state index contributed by atoms with van der Waals surface area (Å²) in [6.45, 7) is 3.98. The van der Waals surface area contributed by atoms with Gasteiger partial charge in [0.25, 0.3) is 0 Å². The molecule has 0 saturated carbocycles. The average Bonchev–Trinajstić information content (AvgIpc) is 2.65. The third-order valence-electron chi connectivity index (χ3n) is 4.52. The van der Waals surface area contributed by atoms with E-state index in [4.69, 9.17) is 4.74 Å². The first kappa shape index (κ1) is 18.7. The molecule has 3 rings (SSSR count). The van der Waals surface area contributed by atoms with Gasteiger partial charge in [0, 0.05) is 18.9 Å². The predicted molar refractivity (Wildman–Crippen MR) is 109 cm³/mol. The molecular weight excluding hydrogens is 340 g/mol. The second-order valence-electron chi connectivity index (χ2n) is 7.01. The lowest BCUT2D eigenvalue weighted by molar-refractivity contribution is -0.116. The van der Waals surface area contributed by atoms with Crippen molar-refractivity contribution in [3.8, 4) is 16.9 Å². The molecule has 0 aliphatic carbocycles. The fraction of sp³-hybridized carbons (Fsp3) is 0.273. The highest BCUT2D eigenvalue weighted by Crippen LogP contribution is 2.30. The fourth-order valence-electron chi connectivity index (χ4n) is 3.24. The standard InChI is InChI=1S/C22H24N2O3/c1-14(2)12-19(25)23-22-20(15-8-7-9-16(13-15)27-4)21(26)17-10-5-6-11-18(17)24(22)3/h5-11,13-14H,12H2,1-4H3,(H,23,25). The van der Waals surface area contributed by atoms with E-state index in [-0.39, 0.29) is 17.3 Å². The fourth-order valence-corrected chi connectivity index (χ4v) is 3.24. The van der Waals surface area contributed by atoms with Crippen LogP contribution in [-0.2, 0) is 11.8 Å². The van der Waals surface area contributed by atoms with Crippen molar-refractivity contribution in [1.82, 2.24) is 4.57 Å². The van der Waals surface area contributed by atoms with Gasteiger partial charge in [0.2, 0.25) is 5.91 Å². The number of methoxy groups -OCH3 is 1. The molecule has 0 bridgehead atoms. The van der Waals surface area contributed by atoms with Crippen LogP contribution in [0.15, 0.2) is 53.3 Å². The number of amides is 1. The highest BCUT2D eigenvalue weighted by molar-refractivity contribution is 5.98. The number of nitrogens with zero attached hydrogens (tertiary/aromatic N) is 1. The average molecular weight is 364 g/mol. The molecule has 1 aromatic heterocycles. The normalized spacial score (nSPS) is 11.0. The summed E-state index contributed by atoms with van der Waals surface area (Å²) in [5, 5.41) is 3.57. The maximum atomic E-state index is 13.3. The van der Waals surface area contributed by atoms with E-state index in [9.17, 15) is 9.59 Å². The van der Waals surface area contributed by atoms with Crippen LogP contribution in [0.3, 0.4) is 0 Å². The molecule has 5 nitrogen and oxygen atoms in total. The van der Waals surface area contributed by atoms with E-state index in [1.54, 1.807) is 13.2 Å². The van der Waals surface area contributed by atoms with Gasteiger partial charge in [0.15, 0.2) is 5.43 Å². The van der Waals surface area contributed by atoms with Gasteiger partial charge in [-0.05, 0) is 35.7 Å². The van der Waals surface area contributed by atoms with Gasteiger partial charge in [0.05, 0.1) is 18.2 Å². The Morgan fingerprint density at radius 1 is 1.15 bits per heavy atom. The summed E-state index contributed by atoms with van der Waals surface area (Å²) in [7, 11) is 3.44. The van der Waals surface area contributed by atoms with E-state index in [1.807, 2.05) is 67.9 Å². The van der Waals surface area contributed by atoms with E-state index in [2.05, 4.69) is 5.32 Å². The predicted octanol–water partition coefficient (Wildman–Crippen LogP) is 4.20. The Morgan fingerprint density at radius 3 is 2.59 bits per heavy atom. The minimum absolute atomic E-state index is 0.112. The molecule has 1 N–H and O–H groups in total. The van der Waals surface area contributed by atoms with Gasteiger partial charge in [-0.2, -0.15) is 0 Å². The zero-order valence-corrected chi connectivity index (χ0v) is 16.1. The van der Waals surface area contributed by atoms with E-state index >= 15 is 0 Å². The molecule has 1 amide bonds. The van der Waals surface area contributed by atoms with Crippen molar-refractivity contribution in [3.63, 3.8) is 0 Å². The second kappa shape index (κ2) is 7.66. The number of pyridine rings is 1. The molecule has 1 heterocycles. The highest BCUT2D eigenvalue weighted by Gasteiger charge is 2.19. The molecule has 140 valence electrons. The number of carbonyl (C=O) groups is 1. The van der Waals surface area contributed by atoms with Crippen LogP contribution in [0.4, 0.5) is 5.82 Å². The van der Waals surface area contributed by atoms with Crippen LogP contribution in [0, 0.1) is 5.92 Å². The summed E-state index contributed by atoms with van der Waals surface area (Å²) >= 11 is 0. The SMILES string of the molecule is COc1cccc(-c2c(NC(=O)CC(C)C)n(C)c3ccccc3c2=O)c1.